The number of hydrogen-bond donors (Lipinski definition) is 0. The summed E-state index contributed by atoms with van der Waals surface area (Å²) >= 11 is 18.7. The third-order valence-electron chi connectivity index (χ3n) is 4.90. The molecule has 0 atom stereocenters. The number of halogens is 3. The van der Waals surface area contributed by atoms with E-state index in [9.17, 15) is 0 Å². The minimum absolute atomic E-state index is 0.498. The molecule has 7 heteroatoms. The third kappa shape index (κ3) is 4.13. The Kier molecular flexibility index (Phi) is 6.19. The fraction of sp³-hybridized carbons (Fsp3) is 0.217. The second-order valence-corrected chi connectivity index (χ2v) is 8.32. The number of hydrogen-bond acceptors (Lipinski definition) is 3. The van der Waals surface area contributed by atoms with Gasteiger partial charge in [-0.05, 0) is 55.8 Å². The molecule has 0 aliphatic heterocycles. The molecule has 0 N–H and O–H groups in total. The van der Waals surface area contributed by atoms with E-state index in [2.05, 4.69) is 11.9 Å². The zero-order valence-electron chi connectivity index (χ0n) is 16.6. The van der Waals surface area contributed by atoms with Crippen LogP contribution >= 0.6 is 34.8 Å². The van der Waals surface area contributed by atoms with Gasteiger partial charge in [-0.3, -0.25) is 4.57 Å². The van der Waals surface area contributed by atoms with Gasteiger partial charge in [0.2, 0.25) is 5.89 Å². The standard InChI is InChI=1S/C23H20Cl3N3O/c1-3-4-5-18-13-27-23(30-18)21-14(2)29(17-9-6-15(24)7-10-17)22(28-21)19-11-8-16(25)12-20(19)26/h6-13H,3-5H2,1-2H3. The topological polar surface area (TPSA) is 43.9 Å². The summed E-state index contributed by atoms with van der Waals surface area (Å²) in [7, 11) is 0. The normalized spacial score (nSPS) is 11.2. The van der Waals surface area contributed by atoms with E-state index >= 15 is 0 Å². The van der Waals surface area contributed by atoms with E-state index < -0.39 is 0 Å². The molecule has 0 bridgehead atoms. The van der Waals surface area contributed by atoms with Crippen LogP contribution < -0.4 is 0 Å². The Morgan fingerprint density at radius 3 is 2.43 bits per heavy atom. The molecule has 154 valence electrons. The smallest absolute Gasteiger partial charge is 0.247 e. The van der Waals surface area contributed by atoms with Gasteiger partial charge in [-0.15, -0.1) is 0 Å². The van der Waals surface area contributed by atoms with Crippen molar-refractivity contribution in [2.24, 2.45) is 0 Å². The van der Waals surface area contributed by atoms with Gasteiger partial charge in [0.25, 0.3) is 0 Å². The summed E-state index contributed by atoms with van der Waals surface area (Å²) in [4.78, 5) is 9.35. The van der Waals surface area contributed by atoms with Crippen molar-refractivity contribution < 1.29 is 4.42 Å². The summed E-state index contributed by atoms with van der Waals surface area (Å²) in [6.07, 6.45) is 4.79. The molecule has 30 heavy (non-hydrogen) atoms. The molecule has 0 unspecified atom stereocenters. The Morgan fingerprint density at radius 1 is 1.00 bits per heavy atom. The highest BCUT2D eigenvalue weighted by molar-refractivity contribution is 6.36. The van der Waals surface area contributed by atoms with Crippen LogP contribution in [0, 0.1) is 6.92 Å². The lowest BCUT2D eigenvalue weighted by molar-refractivity contribution is 0.507. The van der Waals surface area contributed by atoms with Crippen LogP contribution in [-0.4, -0.2) is 14.5 Å². The predicted molar refractivity (Wildman–Crippen MR) is 123 cm³/mol. The van der Waals surface area contributed by atoms with Crippen molar-refractivity contribution in [2.45, 2.75) is 33.1 Å². The van der Waals surface area contributed by atoms with E-state index in [-0.39, 0.29) is 0 Å². The Hall–Kier alpha value is -2.27. The molecule has 0 amide bonds. The largest absolute Gasteiger partial charge is 0.440 e. The molecule has 2 aromatic carbocycles. The van der Waals surface area contributed by atoms with Gasteiger partial charge < -0.3 is 4.42 Å². The van der Waals surface area contributed by atoms with Crippen LogP contribution in [0.25, 0.3) is 28.7 Å². The molecule has 0 fully saturated rings. The SMILES string of the molecule is CCCCc1cnc(-c2nc(-c3ccc(Cl)cc3Cl)n(-c3ccc(Cl)cc3)c2C)o1. The summed E-state index contributed by atoms with van der Waals surface area (Å²) in [6.45, 7) is 4.14. The lowest BCUT2D eigenvalue weighted by Gasteiger charge is -2.11. The number of aromatic nitrogens is 3. The van der Waals surface area contributed by atoms with Gasteiger partial charge in [0, 0.05) is 27.7 Å². The average molecular weight is 461 g/mol. The number of nitrogens with zero attached hydrogens (tertiary/aromatic N) is 3. The third-order valence-corrected chi connectivity index (χ3v) is 5.70. The summed E-state index contributed by atoms with van der Waals surface area (Å²) in [6, 6.07) is 12.9. The molecule has 0 saturated heterocycles. The summed E-state index contributed by atoms with van der Waals surface area (Å²) in [5, 5.41) is 1.75. The molecule has 0 saturated carbocycles. The second-order valence-electron chi connectivity index (χ2n) is 7.04. The molecule has 0 spiro atoms. The van der Waals surface area contributed by atoms with Gasteiger partial charge in [-0.2, -0.15) is 0 Å². The van der Waals surface area contributed by atoms with E-state index in [1.165, 1.54) is 0 Å². The highest BCUT2D eigenvalue weighted by Gasteiger charge is 2.22. The van der Waals surface area contributed by atoms with Gasteiger partial charge >= 0.3 is 0 Å². The lowest BCUT2D eigenvalue weighted by atomic mass is 10.2. The molecule has 0 radical (unpaired) electrons. The maximum atomic E-state index is 6.52. The van der Waals surface area contributed by atoms with Crippen molar-refractivity contribution in [2.75, 3.05) is 0 Å². The van der Waals surface area contributed by atoms with Crippen molar-refractivity contribution in [3.05, 3.63) is 75.2 Å². The van der Waals surface area contributed by atoms with Gasteiger partial charge in [0.1, 0.15) is 17.3 Å². The Balaban J connectivity index is 1.89. The molecular weight excluding hydrogens is 441 g/mol. The zero-order chi connectivity index (χ0) is 21.3. The van der Waals surface area contributed by atoms with Gasteiger partial charge in [0.15, 0.2) is 0 Å². The van der Waals surface area contributed by atoms with E-state index in [1.807, 2.05) is 41.8 Å². The highest BCUT2D eigenvalue weighted by atomic mass is 35.5. The van der Waals surface area contributed by atoms with E-state index in [0.717, 1.165) is 42.0 Å². The Labute approximate surface area is 190 Å². The average Bonchev–Trinajstić information content (AvgIpc) is 3.32. The predicted octanol–water partition coefficient (Wildman–Crippen LogP) is 7.81. The van der Waals surface area contributed by atoms with E-state index in [1.54, 1.807) is 18.3 Å². The zero-order valence-corrected chi connectivity index (χ0v) is 18.9. The summed E-state index contributed by atoms with van der Waals surface area (Å²) in [5.41, 5.74) is 3.24. The van der Waals surface area contributed by atoms with Crippen LogP contribution in [0.15, 0.2) is 53.1 Å². The van der Waals surface area contributed by atoms with Gasteiger partial charge in [-0.25, -0.2) is 9.97 Å². The number of unbranched alkanes of at least 4 members (excludes halogenated alkanes) is 1. The lowest BCUT2D eigenvalue weighted by Crippen LogP contribution is -2.00. The Morgan fingerprint density at radius 2 is 1.73 bits per heavy atom. The van der Waals surface area contributed by atoms with Crippen LogP contribution in [0.4, 0.5) is 0 Å². The fourth-order valence-corrected chi connectivity index (χ4v) is 3.96. The van der Waals surface area contributed by atoms with E-state index in [0.29, 0.717) is 32.5 Å². The molecular formula is C23H20Cl3N3O. The van der Waals surface area contributed by atoms with Crippen molar-refractivity contribution in [3.8, 4) is 28.7 Å². The van der Waals surface area contributed by atoms with Crippen molar-refractivity contribution in [3.63, 3.8) is 0 Å². The quantitative estimate of drug-likeness (QED) is 0.295. The molecule has 0 aliphatic carbocycles. The molecule has 4 aromatic rings. The summed E-state index contributed by atoms with van der Waals surface area (Å²) < 4.78 is 8.02. The number of benzene rings is 2. The number of rotatable bonds is 6. The van der Waals surface area contributed by atoms with E-state index in [4.69, 9.17) is 44.2 Å². The van der Waals surface area contributed by atoms with Crippen molar-refractivity contribution >= 4 is 34.8 Å². The monoisotopic (exact) mass is 459 g/mol. The van der Waals surface area contributed by atoms with Gasteiger partial charge in [-0.1, -0.05) is 48.1 Å². The molecule has 2 heterocycles. The minimum atomic E-state index is 0.498. The van der Waals surface area contributed by atoms with Crippen LogP contribution in [0.1, 0.15) is 31.2 Å². The molecule has 4 nitrogen and oxygen atoms in total. The number of imidazole rings is 1. The first-order chi connectivity index (χ1) is 14.5. The minimum Gasteiger partial charge on any atom is -0.440 e. The first-order valence-electron chi connectivity index (χ1n) is 9.73. The first kappa shape index (κ1) is 21.0. The number of oxazole rings is 1. The maximum Gasteiger partial charge on any atom is 0.247 e. The Bertz CT molecular complexity index is 1180. The van der Waals surface area contributed by atoms with Crippen molar-refractivity contribution in [1.29, 1.82) is 0 Å². The highest BCUT2D eigenvalue weighted by Crippen LogP contribution is 2.36. The van der Waals surface area contributed by atoms with Gasteiger partial charge in [0.05, 0.1) is 16.9 Å². The molecule has 4 rings (SSSR count). The maximum absolute atomic E-state index is 6.52. The first-order valence-corrected chi connectivity index (χ1v) is 10.9. The van der Waals surface area contributed by atoms with Crippen molar-refractivity contribution in [1.82, 2.24) is 14.5 Å². The molecule has 2 aromatic heterocycles. The van der Waals surface area contributed by atoms with Crippen LogP contribution in [0.3, 0.4) is 0 Å². The second kappa shape index (κ2) is 8.84. The van der Waals surface area contributed by atoms with Crippen LogP contribution in [-0.2, 0) is 6.42 Å². The molecule has 0 aliphatic rings. The number of aryl methyl sites for hydroxylation is 1. The fourth-order valence-electron chi connectivity index (χ4n) is 3.35. The van der Waals surface area contributed by atoms with Crippen LogP contribution in [0.2, 0.25) is 15.1 Å². The van der Waals surface area contributed by atoms with Crippen LogP contribution in [0.5, 0.6) is 0 Å². The summed E-state index contributed by atoms with van der Waals surface area (Å²) in [5.74, 6) is 2.04.